The van der Waals surface area contributed by atoms with Gasteiger partial charge in [-0.05, 0) is 81.3 Å². The van der Waals surface area contributed by atoms with E-state index in [1.54, 1.807) is 23.5 Å². The Balaban J connectivity index is 1.26. The van der Waals surface area contributed by atoms with E-state index >= 15 is 0 Å². The number of rotatable bonds is 5. The molecule has 1 unspecified atom stereocenters. The number of benzene rings is 1. The number of aryl methyl sites for hydroxylation is 1. The van der Waals surface area contributed by atoms with E-state index in [0.717, 1.165) is 56.7 Å². The first-order valence-electron chi connectivity index (χ1n) is 10.4. The first-order valence-corrected chi connectivity index (χ1v) is 11.2. The Bertz CT molecular complexity index is 827. The fraction of sp³-hybridized carbons (Fsp3) is 0.522. The van der Waals surface area contributed by atoms with Gasteiger partial charge in [-0.25, -0.2) is 4.39 Å². The van der Waals surface area contributed by atoms with Gasteiger partial charge in [-0.15, -0.1) is 11.3 Å². The van der Waals surface area contributed by atoms with Crippen LogP contribution in [0.3, 0.4) is 0 Å². The molecule has 0 saturated carbocycles. The highest BCUT2D eigenvalue weighted by atomic mass is 32.1. The number of thiophene rings is 1. The molecule has 2 saturated heterocycles. The van der Waals surface area contributed by atoms with Crippen LogP contribution in [-0.2, 0) is 4.74 Å². The zero-order valence-electron chi connectivity index (χ0n) is 16.9. The van der Waals surface area contributed by atoms with E-state index in [1.807, 2.05) is 24.0 Å². The molecule has 2 aromatic rings. The fourth-order valence-electron chi connectivity index (χ4n) is 4.42. The lowest BCUT2D eigenvalue weighted by molar-refractivity contribution is -0.125. The van der Waals surface area contributed by atoms with Crippen molar-refractivity contribution >= 4 is 17.2 Å². The van der Waals surface area contributed by atoms with Gasteiger partial charge in [0, 0.05) is 24.6 Å². The van der Waals surface area contributed by atoms with Crippen LogP contribution >= 0.6 is 11.3 Å². The van der Waals surface area contributed by atoms with Crippen molar-refractivity contribution in [2.75, 3.05) is 26.3 Å². The van der Waals surface area contributed by atoms with Gasteiger partial charge in [0.15, 0.2) is 0 Å². The molecule has 3 heterocycles. The molecule has 6 heteroatoms. The molecule has 4 rings (SSSR count). The summed E-state index contributed by atoms with van der Waals surface area (Å²) in [6.07, 6.45) is 4.85. The molecule has 2 aliphatic rings. The summed E-state index contributed by atoms with van der Waals surface area (Å²) in [5.74, 6) is 1.18. The Kier molecular flexibility index (Phi) is 6.20. The third kappa shape index (κ3) is 4.98. The predicted molar refractivity (Wildman–Crippen MR) is 112 cm³/mol. The Morgan fingerprint density at radius 1 is 1.24 bits per heavy atom. The molecule has 0 radical (unpaired) electrons. The summed E-state index contributed by atoms with van der Waals surface area (Å²) in [7, 11) is 0. The largest absolute Gasteiger partial charge is 0.494 e. The molecule has 1 aromatic heterocycles. The first kappa shape index (κ1) is 20.4. The van der Waals surface area contributed by atoms with Crippen molar-refractivity contribution in [2.45, 2.75) is 44.6 Å². The van der Waals surface area contributed by atoms with Gasteiger partial charge in [-0.2, -0.15) is 0 Å². The Morgan fingerprint density at radius 3 is 2.69 bits per heavy atom. The summed E-state index contributed by atoms with van der Waals surface area (Å²) in [5.41, 5.74) is -0.0963. The molecule has 0 aliphatic carbocycles. The van der Waals surface area contributed by atoms with Gasteiger partial charge in [0.2, 0.25) is 0 Å². The quantitative estimate of drug-likeness (QED) is 0.682. The number of nitrogens with zero attached hydrogens (tertiary/aromatic N) is 1. The minimum Gasteiger partial charge on any atom is -0.494 e. The topological polar surface area (TPSA) is 38.8 Å². The third-order valence-electron chi connectivity index (χ3n) is 6.12. The van der Waals surface area contributed by atoms with E-state index in [1.165, 1.54) is 17.0 Å². The lowest BCUT2D eigenvalue weighted by atomic mass is 9.78. The fourth-order valence-corrected chi connectivity index (χ4v) is 5.26. The normalized spacial score (nSPS) is 21.3. The van der Waals surface area contributed by atoms with Crippen molar-refractivity contribution in [3.05, 3.63) is 52.0 Å². The summed E-state index contributed by atoms with van der Waals surface area (Å²) in [6.45, 7) is 4.96. The standard InChI is InChI=1S/C23H28FNO3S/c1-17-2-7-21(29-17)22(26)25-12-10-23(11-13-25)16-18(9-15-28-23)8-14-27-20-5-3-19(24)4-6-20/h2-7,18H,8-16H2,1H3. The van der Waals surface area contributed by atoms with Crippen molar-refractivity contribution in [3.8, 4) is 5.75 Å². The van der Waals surface area contributed by atoms with Crippen LogP contribution in [0.5, 0.6) is 5.75 Å². The monoisotopic (exact) mass is 417 g/mol. The second-order valence-electron chi connectivity index (χ2n) is 8.18. The maximum Gasteiger partial charge on any atom is 0.263 e. The lowest BCUT2D eigenvalue weighted by Crippen LogP contribution is -2.50. The Hall–Kier alpha value is -1.92. The lowest BCUT2D eigenvalue weighted by Gasteiger charge is -2.46. The number of hydrogen-bond donors (Lipinski definition) is 0. The van der Waals surface area contributed by atoms with E-state index in [0.29, 0.717) is 18.3 Å². The average Bonchev–Trinajstić information content (AvgIpc) is 3.16. The third-order valence-corrected chi connectivity index (χ3v) is 7.11. The molecule has 1 atom stereocenters. The van der Waals surface area contributed by atoms with E-state index in [-0.39, 0.29) is 17.3 Å². The number of hydrogen-bond acceptors (Lipinski definition) is 4. The number of carbonyl (C=O) groups excluding carboxylic acids is 1. The second kappa shape index (κ2) is 8.84. The molecular weight excluding hydrogens is 389 g/mol. The summed E-state index contributed by atoms with van der Waals surface area (Å²) in [5, 5.41) is 0. The summed E-state index contributed by atoms with van der Waals surface area (Å²) >= 11 is 1.57. The van der Waals surface area contributed by atoms with Gasteiger partial charge in [0.1, 0.15) is 11.6 Å². The maximum atomic E-state index is 13.0. The van der Waals surface area contributed by atoms with Gasteiger partial charge >= 0.3 is 0 Å². The molecule has 156 valence electrons. The van der Waals surface area contributed by atoms with Crippen LogP contribution in [0.2, 0.25) is 0 Å². The smallest absolute Gasteiger partial charge is 0.263 e. The van der Waals surface area contributed by atoms with Gasteiger partial charge in [0.05, 0.1) is 17.1 Å². The van der Waals surface area contributed by atoms with Crippen LogP contribution < -0.4 is 4.74 Å². The number of amides is 1. The Morgan fingerprint density at radius 2 is 2.00 bits per heavy atom. The van der Waals surface area contributed by atoms with Crippen LogP contribution in [-0.4, -0.2) is 42.7 Å². The van der Waals surface area contributed by atoms with Crippen molar-refractivity contribution < 1.29 is 18.7 Å². The molecule has 1 amide bonds. The SMILES string of the molecule is Cc1ccc(C(=O)N2CCC3(CC2)CC(CCOc2ccc(F)cc2)CCO3)s1. The molecule has 2 fully saturated rings. The summed E-state index contributed by atoms with van der Waals surface area (Å²) < 4.78 is 25.0. The van der Waals surface area contributed by atoms with E-state index in [2.05, 4.69) is 0 Å². The van der Waals surface area contributed by atoms with Crippen LogP contribution in [0.1, 0.15) is 46.7 Å². The van der Waals surface area contributed by atoms with Gasteiger partial charge < -0.3 is 14.4 Å². The average molecular weight is 418 g/mol. The molecule has 0 bridgehead atoms. The predicted octanol–water partition coefficient (Wildman–Crippen LogP) is 5.07. The second-order valence-corrected chi connectivity index (χ2v) is 9.47. The molecule has 29 heavy (non-hydrogen) atoms. The van der Waals surface area contributed by atoms with Crippen LogP contribution in [0.4, 0.5) is 4.39 Å². The number of carbonyl (C=O) groups is 1. The molecule has 0 N–H and O–H groups in total. The van der Waals surface area contributed by atoms with E-state index in [4.69, 9.17) is 9.47 Å². The maximum absolute atomic E-state index is 13.0. The molecular formula is C23H28FNO3S. The number of likely N-dealkylation sites (tertiary alicyclic amines) is 1. The first-order chi connectivity index (χ1) is 14.0. The summed E-state index contributed by atoms with van der Waals surface area (Å²) in [6, 6.07) is 10.1. The zero-order chi connectivity index (χ0) is 20.3. The van der Waals surface area contributed by atoms with Crippen molar-refractivity contribution in [2.24, 2.45) is 5.92 Å². The summed E-state index contributed by atoms with van der Waals surface area (Å²) in [4.78, 5) is 16.7. The highest BCUT2D eigenvalue weighted by Gasteiger charge is 2.41. The minimum atomic E-state index is -0.247. The molecule has 1 aromatic carbocycles. The molecule has 1 spiro atoms. The van der Waals surface area contributed by atoms with Crippen molar-refractivity contribution in [1.82, 2.24) is 4.90 Å². The Labute approximate surface area is 175 Å². The van der Waals surface area contributed by atoms with Crippen LogP contribution in [0.15, 0.2) is 36.4 Å². The zero-order valence-corrected chi connectivity index (χ0v) is 17.7. The molecule has 2 aliphatic heterocycles. The van der Waals surface area contributed by atoms with Crippen LogP contribution in [0.25, 0.3) is 0 Å². The van der Waals surface area contributed by atoms with E-state index < -0.39 is 0 Å². The number of halogens is 1. The molecule has 4 nitrogen and oxygen atoms in total. The number of ether oxygens (including phenoxy) is 2. The van der Waals surface area contributed by atoms with Gasteiger partial charge in [-0.1, -0.05) is 0 Å². The minimum absolute atomic E-state index is 0.0963. The van der Waals surface area contributed by atoms with Crippen LogP contribution in [0, 0.1) is 18.7 Å². The van der Waals surface area contributed by atoms with Gasteiger partial charge in [0.25, 0.3) is 5.91 Å². The van der Waals surface area contributed by atoms with E-state index in [9.17, 15) is 9.18 Å². The highest BCUT2D eigenvalue weighted by Crippen LogP contribution is 2.39. The van der Waals surface area contributed by atoms with Gasteiger partial charge in [-0.3, -0.25) is 4.79 Å². The van der Waals surface area contributed by atoms with Crippen molar-refractivity contribution in [3.63, 3.8) is 0 Å². The number of piperidine rings is 1. The highest BCUT2D eigenvalue weighted by molar-refractivity contribution is 7.13. The van der Waals surface area contributed by atoms with Crippen molar-refractivity contribution in [1.29, 1.82) is 0 Å².